The normalized spacial score (nSPS) is 32.7. The van der Waals surface area contributed by atoms with E-state index < -0.39 is 0 Å². The van der Waals surface area contributed by atoms with Gasteiger partial charge in [-0.2, -0.15) is 0 Å². The highest BCUT2D eigenvalue weighted by Gasteiger charge is 2.55. The summed E-state index contributed by atoms with van der Waals surface area (Å²) in [5.41, 5.74) is 1.16. The minimum atomic E-state index is -0.185. The number of hydrogen-bond donors (Lipinski definition) is 2. The Kier molecular flexibility index (Phi) is 7.83. The smallest absolute Gasteiger partial charge is 0.321 e. The van der Waals surface area contributed by atoms with Gasteiger partial charge in [0.1, 0.15) is 6.54 Å². The summed E-state index contributed by atoms with van der Waals surface area (Å²) in [5, 5.41) is 12.8. The molecule has 5 rings (SSSR count). The number of carbonyl (C=O) groups excluding carboxylic acids is 2. The second kappa shape index (κ2) is 10.9. The van der Waals surface area contributed by atoms with Gasteiger partial charge in [-0.25, -0.2) is 4.79 Å². The molecule has 1 aliphatic heterocycles. The summed E-state index contributed by atoms with van der Waals surface area (Å²) >= 11 is 0. The van der Waals surface area contributed by atoms with Crippen LogP contribution in [0, 0.1) is 11.8 Å². The first-order valence-corrected chi connectivity index (χ1v) is 14.6. The largest absolute Gasteiger partial charge is 0.393 e. The van der Waals surface area contributed by atoms with E-state index in [9.17, 15) is 14.7 Å². The summed E-state index contributed by atoms with van der Waals surface area (Å²) in [6.45, 7) is 2.28. The third-order valence-electron chi connectivity index (χ3n) is 10.1. The van der Waals surface area contributed by atoms with Crippen molar-refractivity contribution in [1.29, 1.82) is 0 Å². The summed E-state index contributed by atoms with van der Waals surface area (Å²) in [4.78, 5) is 33.0. The molecule has 4 aliphatic rings. The monoisotopic (exact) mass is 510 g/mol. The Morgan fingerprint density at radius 2 is 1.68 bits per heavy atom. The highest BCUT2D eigenvalue weighted by atomic mass is 16.3. The van der Waals surface area contributed by atoms with Crippen molar-refractivity contribution in [3.05, 3.63) is 35.9 Å². The van der Waals surface area contributed by atoms with E-state index in [1.54, 1.807) is 0 Å². The molecule has 4 fully saturated rings. The predicted molar refractivity (Wildman–Crippen MR) is 145 cm³/mol. The van der Waals surface area contributed by atoms with E-state index in [1.807, 2.05) is 4.90 Å². The average molecular weight is 511 g/mol. The van der Waals surface area contributed by atoms with Gasteiger partial charge in [0.2, 0.25) is 5.91 Å². The van der Waals surface area contributed by atoms with Crippen molar-refractivity contribution in [3.63, 3.8) is 0 Å². The fourth-order valence-electron chi connectivity index (χ4n) is 7.35. The lowest BCUT2D eigenvalue weighted by atomic mass is 9.68. The molecule has 0 aromatic heterocycles. The van der Waals surface area contributed by atoms with Crippen LogP contribution >= 0.6 is 0 Å². The SMILES string of the molecule is CN(C)C1(c2ccccc2)CCC2(CC1)CN(CC(=O)NCC1CCC(O)CC1)C(=O)N2CC1CCC1. The molecule has 0 atom stereocenters. The zero-order valence-corrected chi connectivity index (χ0v) is 22.8. The molecule has 1 aromatic carbocycles. The summed E-state index contributed by atoms with van der Waals surface area (Å²) in [6, 6.07) is 10.9. The quantitative estimate of drug-likeness (QED) is 0.555. The number of rotatable bonds is 8. The summed E-state index contributed by atoms with van der Waals surface area (Å²) in [6.07, 6.45) is 11.0. The molecule has 2 N–H and O–H groups in total. The third-order valence-corrected chi connectivity index (χ3v) is 10.1. The first-order valence-electron chi connectivity index (χ1n) is 14.6. The van der Waals surface area contributed by atoms with Crippen LogP contribution in [0.4, 0.5) is 4.79 Å². The first-order chi connectivity index (χ1) is 17.8. The number of carbonyl (C=O) groups is 2. The predicted octanol–water partition coefficient (Wildman–Crippen LogP) is 3.96. The van der Waals surface area contributed by atoms with E-state index in [-0.39, 0.29) is 35.7 Å². The molecular formula is C30H46N4O3. The Morgan fingerprint density at radius 1 is 1.00 bits per heavy atom. The molecule has 204 valence electrons. The Bertz CT molecular complexity index is 931. The number of nitrogens with zero attached hydrogens (tertiary/aromatic N) is 3. The van der Waals surface area contributed by atoms with Crippen LogP contribution in [-0.4, -0.2) is 83.7 Å². The minimum absolute atomic E-state index is 0.0178. The molecule has 0 unspecified atom stereocenters. The van der Waals surface area contributed by atoms with Gasteiger partial charge < -0.3 is 20.2 Å². The van der Waals surface area contributed by atoms with E-state index in [2.05, 4.69) is 59.5 Å². The van der Waals surface area contributed by atoms with Gasteiger partial charge in [0.05, 0.1) is 11.6 Å². The van der Waals surface area contributed by atoms with Crippen LogP contribution in [0.3, 0.4) is 0 Å². The van der Waals surface area contributed by atoms with Gasteiger partial charge in [0.15, 0.2) is 0 Å². The average Bonchev–Trinajstić information content (AvgIpc) is 3.11. The van der Waals surface area contributed by atoms with E-state index >= 15 is 0 Å². The number of nitrogens with one attached hydrogen (secondary N) is 1. The van der Waals surface area contributed by atoms with Crippen LogP contribution in [0.1, 0.15) is 76.2 Å². The van der Waals surface area contributed by atoms with Gasteiger partial charge in [0, 0.05) is 25.2 Å². The molecule has 3 aliphatic carbocycles. The summed E-state index contributed by atoms with van der Waals surface area (Å²) < 4.78 is 0. The molecule has 1 heterocycles. The molecule has 7 heteroatoms. The highest BCUT2D eigenvalue weighted by molar-refractivity contribution is 5.86. The zero-order chi connectivity index (χ0) is 26.0. The number of benzene rings is 1. The maximum atomic E-state index is 13.7. The van der Waals surface area contributed by atoms with Crippen molar-refractivity contribution in [2.75, 3.05) is 40.3 Å². The van der Waals surface area contributed by atoms with Crippen molar-refractivity contribution in [2.24, 2.45) is 11.8 Å². The summed E-state index contributed by atoms with van der Waals surface area (Å²) in [7, 11) is 4.36. The second-order valence-corrected chi connectivity index (χ2v) is 12.5. The van der Waals surface area contributed by atoms with Gasteiger partial charge in [0.25, 0.3) is 0 Å². The Hall–Kier alpha value is -2.12. The van der Waals surface area contributed by atoms with Gasteiger partial charge in [-0.15, -0.1) is 0 Å². The maximum absolute atomic E-state index is 13.7. The lowest BCUT2D eigenvalue weighted by Crippen LogP contribution is -2.56. The fraction of sp³-hybridized carbons (Fsp3) is 0.733. The van der Waals surface area contributed by atoms with Crippen LogP contribution in [0.5, 0.6) is 0 Å². The number of hydrogen-bond acceptors (Lipinski definition) is 4. The van der Waals surface area contributed by atoms with Crippen molar-refractivity contribution in [1.82, 2.24) is 20.0 Å². The highest BCUT2D eigenvalue weighted by Crippen LogP contribution is 2.49. The lowest BCUT2D eigenvalue weighted by Gasteiger charge is -2.51. The van der Waals surface area contributed by atoms with Crippen LogP contribution < -0.4 is 5.32 Å². The van der Waals surface area contributed by atoms with Crippen molar-refractivity contribution in [3.8, 4) is 0 Å². The Balaban J connectivity index is 1.26. The molecule has 3 amide bonds. The molecule has 1 aromatic rings. The van der Waals surface area contributed by atoms with Gasteiger partial charge in [-0.05, 0) is 95.7 Å². The molecular weight excluding hydrogens is 464 g/mol. The first kappa shape index (κ1) is 26.5. The van der Waals surface area contributed by atoms with Gasteiger partial charge in [-0.3, -0.25) is 9.69 Å². The van der Waals surface area contributed by atoms with E-state index in [4.69, 9.17) is 0 Å². The number of urea groups is 1. The van der Waals surface area contributed by atoms with Gasteiger partial charge >= 0.3 is 6.03 Å². The second-order valence-electron chi connectivity index (χ2n) is 12.5. The van der Waals surface area contributed by atoms with Crippen LogP contribution in [0.15, 0.2) is 30.3 Å². The Morgan fingerprint density at radius 3 is 2.27 bits per heavy atom. The molecule has 0 radical (unpaired) electrons. The number of aliphatic hydroxyl groups is 1. The molecule has 1 saturated heterocycles. The van der Waals surface area contributed by atoms with E-state index in [0.717, 1.165) is 57.9 Å². The number of amides is 3. The van der Waals surface area contributed by atoms with E-state index in [0.29, 0.717) is 24.9 Å². The maximum Gasteiger partial charge on any atom is 0.321 e. The lowest BCUT2D eigenvalue weighted by molar-refractivity contribution is -0.121. The third kappa shape index (κ3) is 5.40. The standard InChI is InChI=1S/C30H46N4O3/c1-32(2)30(25-9-4-3-5-10-25)17-15-29(16-18-30)22-33(28(37)34(29)20-24-7-6-8-24)21-27(36)31-19-23-11-13-26(35)14-12-23/h3-5,9-10,23-24,26,35H,6-8,11-22H2,1-2H3,(H,31,36). The molecule has 37 heavy (non-hydrogen) atoms. The molecule has 7 nitrogen and oxygen atoms in total. The topological polar surface area (TPSA) is 76.1 Å². The number of aliphatic hydroxyl groups excluding tert-OH is 1. The fourth-order valence-corrected chi connectivity index (χ4v) is 7.35. The minimum Gasteiger partial charge on any atom is -0.393 e. The van der Waals surface area contributed by atoms with Crippen LogP contribution in [0.2, 0.25) is 0 Å². The van der Waals surface area contributed by atoms with Crippen molar-refractivity contribution < 1.29 is 14.7 Å². The van der Waals surface area contributed by atoms with Crippen LogP contribution in [-0.2, 0) is 10.3 Å². The summed E-state index contributed by atoms with van der Waals surface area (Å²) in [5.74, 6) is 0.979. The van der Waals surface area contributed by atoms with E-state index in [1.165, 1.54) is 24.8 Å². The molecule has 0 bridgehead atoms. The zero-order valence-electron chi connectivity index (χ0n) is 22.8. The molecule has 3 saturated carbocycles. The van der Waals surface area contributed by atoms with Gasteiger partial charge in [-0.1, -0.05) is 36.8 Å². The van der Waals surface area contributed by atoms with Crippen molar-refractivity contribution in [2.45, 2.75) is 87.8 Å². The van der Waals surface area contributed by atoms with Crippen LogP contribution in [0.25, 0.3) is 0 Å². The Labute approximate surface area is 222 Å². The molecule has 1 spiro atoms. The van der Waals surface area contributed by atoms with Crippen molar-refractivity contribution >= 4 is 11.9 Å².